The number of halogens is 1. The van der Waals surface area contributed by atoms with Crippen LogP contribution in [0.3, 0.4) is 0 Å². The van der Waals surface area contributed by atoms with Crippen molar-refractivity contribution in [3.05, 3.63) is 52.6 Å². The number of sulfone groups is 1. The Morgan fingerprint density at radius 2 is 1.92 bits per heavy atom. The van der Waals surface area contributed by atoms with Gasteiger partial charge in [0.25, 0.3) is 0 Å². The topological polar surface area (TPSA) is 60.4 Å². The van der Waals surface area contributed by atoms with Gasteiger partial charge in [0.05, 0.1) is 11.5 Å². The normalized spacial score (nSPS) is 14.6. The van der Waals surface area contributed by atoms with Gasteiger partial charge >= 0.3 is 5.97 Å². The highest BCUT2D eigenvalue weighted by atomic mass is 127. The lowest BCUT2D eigenvalue weighted by Crippen LogP contribution is -2.49. The Morgan fingerprint density at radius 1 is 1.28 bits per heavy atom. The first-order valence-corrected chi connectivity index (χ1v) is 11.0. The molecule has 138 valence electrons. The lowest BCUT2D eigenvalue weighted by atomic mass is 9.91. The fourth-order valence-corrected chi connectivity index (χ4v) is 5.80. The summed E-state index contributed by atoms with van der Waals surface area (Å²) in [4.78, 5) is 13.1. The van der Waals surface area contributed by atoms with E-state index in [4.69, 9.17) is 4.74 Å². The molecule has 0 saturated heterocycles. The third-order valence-corrected chi connectivity index (χ3v) is 7.16. The van der Waals surface area contributed by atoms with E-state index in [1.165, 1.54) is 18.2 Å². The first-order chi connectivity index (χ1) is 11.9. The summed E-state index contributed by atoms with van der Waals surface area (Å²) in [5.41, 5.74) is 0.553. The van der Waals surface area contributed by atoms with Gasteiger partial charge < -0.3 is 4.74 Å². The zero-order valence-electron chi connectivity index (χ0n) is 14.7. The van der Waals surface area contributed by atoms with Gasteiger partial charge in [-0.25, -0.2) is 13.2 Å². The molecule has 0 N–H and O–H groups in total. The fraction of sp³-hybridized carbons (Fsp3) is 0.421. The Morgan fingerprint density at radius 3 is 2.40 bits per heavy atom. The summed E-state index contributed by atoms with van der Waals surface area (Å²) < 4.78 is 32.2. The van der Waals surface area contributed by atoms with E-state index in [-0.39, 0.29) is 17.9 Å². The number of unbranched alkanes of at least 4 members (excludes halogenated alkanes) is 1. The molecule has 1 unspecified atom stereocenters. The second-order valence-electron chi connectivity index (χ2n) is 5.59. The molecule has 0 heterocycles. The SMILES string of the molecule is C=CCC(C(=O)OCC)(/C(=C/I)CCCC)S(=O)(=O)c1ccccc1. The molecule has 4 nitrogen and oxygen atoms in total. The highest BCUT2D eigenvalue weighted by Gasteiger charge is 2.54. The van der Waals surface area contributed by atoms with E-state index >= 15 is 0 Å². The third-order valence-electron chi connectivity index (χ3n) is 4.00. The van der Waals surface area contributed by atoms with Crippen molar-refractivity contribution in [2.24, 2.45) is 0 Å². The van der Waals surface area contributed by atoms with Crippen molar-refractivity contribution in [1.29, 1.82) is 0 Å². The van der Waals surface area contributed by atoms with Gasteiger partial charge in [0, 0.05) is 0 Å². The Hall–Kier alpha value is -1.15. The Balaban J connectivity index is 3.69. The third kappa shape index (κ3) is 4.53. The largest absolute Gasteiger partial charge is 0.465 e. The quantitative estimate of drug-likeness (QED) is 0.275. The maximum atomic E-state index is 13.5. The summed E-state index contributed by atoms with van der Waals surface area (Å²) in [6, 6.07) is 8.06. The van der Waals surface area contributed by atoms with Crippen LogP contribution in [0.15, 0.2) is 57.5 Å². The van der Waals surface area contributed by atoms with Crippen molar-refractivity contribution in [3.8, 4) is 0 Å². The molecule has 25 heavy (non-hydrogen) atoms. The highest BCUT2D eigenvalue weighted by Crippen LogP contribution is 2.40. The van der Waals surface area contributed by atoms with E-state index in [0.29, 0.717) is 12.0 Å². The summed E-state index contributed by atoms with van der Waals surface area (Å²) in [5, 5.41) is 0. The number of ether oxygens (including phenoxy) is 1. The number of hydrogen-bond donors (Lipinski definition) is 0. The van der Waals surface area contributed by atoms with Gasteiger partial charge in [-0.1, -0.05) is 60.2 Å². The smallest absolute Gasteiger partial charge is 0.332 e. The molecule has 0 amide bonds. The monoisotopic (exact) mass is 476 g/mol. The number of rotatable bonds is 10. The molecule has 0 aliphatic carbocycles. The lowest BCUT2D eigenvalue weighted by Gasteiger charge is -2.32. The number of carbonyl (C=O) groups is 1. The summed E-state index contributed by atoms with van der Waals surface area (Å²) in [5.74, 6) is -0.738. The zero-order chi connectivity index (χ0) is 18.9. The van der Waals surface area contributed by atoms with Crippen molar-refractivity contribution >= 4 is 38.4 Å². The number of carbonyl (C=O) groups excluding carboxylic acids is 1. The van der Waals surface area contributed by atoms with Gasteiger partial charge in [0.2, 0.25) is 0 Å². The van der Waals surface area contributed by atoms with Gasteiger partial charge in [-0.15, -0.1) is 6.58 Å². The predicted molar refractivity (Wildman–Crippen MR) is 109 cm³/mol. The molecule has 0 fully saturated rings. The van der Waals surface area contributed by atoms with Gasteiger partial charge in [-0.3, -0.25) is 0 Å². The second kappa shape index (κ2) is 10.1. The minimum absolute atomic E-state index is 0.0262. The first kappa shape index (κ1) is 21.9. The van der Waals surface area contributed by atoms with Crippen LogP contribution in [0.4, 0.5) is 0 Å². The van der Waals surface area contributed by atoms with Gasteiger partial charge in [-0.05, 0) is 48.0 Å². The van der Waals surface area contributed by atoms with Crippen LogP contribution in [0.1, 0.15) is 39.5 Å². The number of benzene rings is 1. The van der Waals surface area contributed by atoms with E-state index in [9.17, 15) is 13.2 Å². The Labute approximate surface area is 164 Å². The van der Waals surface area contributed by atoms with Crippen LogP contribution in [0, 0.1) is 0 Å². The molecule has 1 atom stereocenters. The van der Waals surface area contributed by atoms with Crippen LogP contribution < -0.4 is 0 Å². The molecule has 0 aliphatic heterocycles. The number of allylic oxidation sites excluding steroid dienone is 1. The molecule has 0 saturated carbocycles. The van der Waals surface area contributed by atoms with Crippen molar-refractivity contribution < 1.29 is 17.9 Å². The molecular formula is C19H25IO4S. The van der Waals surface area contributed by atoms with Crippen molar-refractivity contribution in [2.45, 2.75) is 49.2 Å². The van der Waals surface area contributed by atoms with Gasteiger partial charge in [-0.2, -0.15) is 0 Å². The van der Waals surface area contributed by atoms with Crippen molar-refractivity contribution in [1.82, 2.24) is 0 Å². The van der Waals surface area contributed by atoms with E-state index in [0.717, 1.165) is 12.8 Å². The van der Waals surface area contributed by atoms with E-state index in [2.05, 4.69) is 6.58 Å². The van der Waals surface area contributed by atoms with Crippen molar-refractivity contribution in [2.75, 3.05) is 6.61 Å². The predicted octanol–water partition coefficient (Wildman–Crippen LogP) is 4.85. The standard InChI is InChI=1S/C19H25IO4S/c1-4-7-11-16(15-20)19(14-5-2,18(21)24-6-3)25(22,23)17-12-9-8-10-13-17/h5,8-10,12-13,15H,2,4,6-7,11,14H2,1,3H3/b16-15+. The number of hydrogen-bond acceptors (Lipinski definition) is 4. The summed E-state index contributed by atoms with van der Waals surface area (Å²) in [6.07, 6.45) is 3.65. The maximum Gasteiger partial charge on any atom is 0.332 e. The average Bonchev–Trinajstić information content (AvgIpc) is 2.61. The first-order valence-electron chi connectivity index (χ1n) is 8.29. The maximum absolute atomic E-state index is 13.5. The molecule has 0 aromatic heterocycles. The molecule has 6 heteroatoms. The van der Waals surface area contributed by atoms with Gasteiger partial charge in [0.1, 0.15) is 0 Å². The summed E-state index contributed by atoms with van der Waals surface area (Å²) in [7, 11) is -4.01. The second-order valence-corrected chi connectivity index (χ2v) is 8.39. The van der Waals surface area contributed by atoms with Crippen LogP contribution >= 0.6 is 22.6 Å². The minimum atomic E-state index is -4.01. The summed E-state index contributed by atoms with van der Waals surface area (Å²) >= 11 is 2.01. The van der Waals surface area contributed by atoms with E-state index in [1.54, 1.807) is 29.2 Å². The Bertz CT molecular complexity index is 710. The molecule has 0 bridgehead atoms. The summed E-state index contributed by atoms with van der Waals surface area (Å²) in [6.45, 7) is 7.50. The number of esters is 1. The van der Waals surface area contributed by atoms with Crippen LogP contribution in [0.2, 0.25) is 0 Å². The Kier molecular flexibility index (Phi) is 8.85. The van der Waals surface area contributed by atoms with Gasteiger partial charge in [0.15, 0.2) is 14.6 Å². The lowest BCUT2D eigenvalue weighted by molar-refractivity contribution is -0.145. The molecule has 1 aromatic rings. The van der Waals surface area contributed by atoms with Crippen LogP contribution in [0.5, 0.6) is 0 Å². The molecule has 0 spiro atoms. The molecule has 1 aromatic carbocycles. The van der Waals surface area contributed by atoms with Crippen molar-refractivity contribution in [3.63, 3.8) is 0 Å². The van der Waals surface area contributed by atoms with E-state index in [1.807, 2.05) is 29.5 Å². The van der Waals surface area contributed by atoms with E-state index < -0.39 is 20.6 Å². The fourth-order valence-electron chi connectivity index (χ4n) is 2.70. The zero-order valence-corrected chi connectivity index (χ0v) is 17.7. The van der Waals surface area contributed by atoms with Crippen LogP contribution in [-0.2, 0) is 19.4 Å². The molecule has 0 radical (unpaired) electrons. The molecular weight excluding hydrogens is 451 g/mol. The van der Waals surface area contributed by atoms with Crippen LogP contribution in [-0.4, -0.2) is 25.7 Å². The molecule has 0 aliphatic rings. The highest BCUT2D eigenvalue weighted by molar-refractivity contribution is 14.1. The molecule has 1 rings (SSSR count). The average molecular weight is 476 g/mol. The minimum Gasteiger partial charge on any atom is -0.465 e. The van der Waals surface area contributed by atoms with Crippen LogP contribution in [0.25, 0.3) is 0 Å².